The van der Waals surface area contributed by atoms with Crippen LogP contribution in [0.3, 0.4) is 0 Å². The zero-order valence-electron chi connectivity index (χ0n) is 13.5. The van der Waals surface area contributed by atoms with E-state index in [4.69, 9.17) is 11.6 Å². The SMILES string of the molecule is Cc1nc(Nc2ccc(Cl)cn2)sc1C(=O)NCc1ccc(F)cc1F. The second-order valence-electron chi connectivity index (χ2n) is 5.34. The molecule has 0 bridgehead atoms. The van der Waals surface area contributed by atoms with Gasteiger partial charge in [0.1, 0.15) is 22.3 Å². The van der Waals surface area contributed by atoms with E-state index in [-0.39, 0.29) is 18.0 Å². The van der Waals surface area contributed by atoms with E-state index in [1.165, 1.54) is 12.3 Å². The molecule has 2 N–H and O–H groups in total. The first kappa shape index (κ1) is 18.2. The molecular weight excluding hydrogens is 382 g/mol. The van der Waals surface area contributed by atoms with Crippen molar-refractivity contribution in [2.45, 2.75) is 13.5 Å². The minimum absolute atomic E-state index is 0.0518. The summed E-state index contributed by atoms with van der Waals surface area (Å²) in [5.41, 5.74) is 0.731. The Hall–Kier alpha value is -2.58. The molecule has 3 aromatic rings. The number of pyridine rings is 1. The Morgan fingerprint density at radius 2 is 2.08 bits per heavy atom. The molecule has 0 atom stereocenters. The summed E-state index contributed by atoms with van der Waals surface area (Å²) in [6.45, 7) is 1.65. The minimum atomic E-state index is -0.706. The monoisotopic (exact) mass is 394 g/mol. The van der Waals surface area contributed by atoms with Crippen LogP contribution in [0.1, 0.15) is 20.9 Å². The molecule has 26 heavy (non-hydrogen) atoms. The number of benzene rings is 1. The van der Waals surface area contributed by atoms with Crippen LogP contribution in [0.2, 0.25) is 5.02 Å². The topological polar surface area (TPSA) is 66.9 Å². The molecule has 3 rings (SSSR count). The van der Waals surface area contributed by atoms with Crippen LogP contribution in [0.15, 0.2) is 36.5 Å². The largest absolute Gasteiger partial charge is 0.347 e. The lowest BCUT2D eigenvalue weighted by atomic mass is 10.2. The van der Waals surface area contributed by atoms with Crippen molar-refractivity contribution in [1.29, 1.82) is 0 Å². The Morgan fingerprint density at radius 1 is 1.27 bits per heavy atom. The molecule has 0 aliphatic heterocycles. The standard InChI is InChI=1S/C17H13ClF2N4OS/c1-9-15(16(25)22-7-10-2-4-12(19)6-13(10)20)26-17(23-9)24-14-5-3-11(18)8-21-14/h2-6,8H,7H2,1H3,(H,22,25)(H,21,23,24). The number of aryl methyl sites for hydroxylation is 1. The summed E-state index contributed by atoms with van der Waals surface area (Å²) in [6.07, 6.45) is 1.50. The molecule has 5 nitrogen and oxygen atoms in total. The minimum Gasteiger partial charge on any atom is -0.347 e. The van der Waals surface area contributed by atoms with Crippen molar-refractivity contribution < 1.29 is 13.6 Å². The maximum Gasteiger partial charge on any atom is 0.263 e. The first-order chi connectivity index (χ1) is 12.4. The van der Waals surface area contributed by atoms with E-state index in [1.54, 1.807) is 19.1 Å². The molecule has 9 heteroatoms. The molecule has 2 aromatic heterocycles. The van der Waals surface area contributed by atoms with Crippen LogP contribution in [-0.4, -0.2) is 15.9 Å². The molecule has 1 aromatic carbocycles. The van der Waals surface area contributed by atoms with Gasteiger partial charge in [-0.05, 0) is 25.1 Å². The van der Waals surface area contributed by atoms with Gasteiger partial charge in [0.15, 0.2) is 5.13 Å². The van der Waals surface area contributed by atoms with Crippen LogP contribution < -0.4 is 10.6 Å². The predicted octanol–water partition coefficient (Wildman–Crippen LogP) is 4.45. The van der Waals surface area contributed by atoms with E-state index in [2.05, 4.69) is 20.6 Å². The summed E-state index contributed by atoms with van der Waals surface area (Å²) in [7, 11) is 0. The molecule has 1 amide bonds. The van der Waals surface area contributed by atoms with E-state index in [1.807, 2.05) is 0 Å². The number of carbonyl (C=O) groups is 1. The van der Waals surface area contributed by atoms with Crippen molar-refractivity contribution >= 4 is 39.8 Å². The number of thiazole rings is 1. The molecule has 0 radical (unpaired) electrons. The van der Waals surface area contributed by atoms with Crippen molar-refractivity contribution in [2.75, 3.05) is 5.32 Å². The van der Waals surface area contributed by atoms with Gasteiger partial charge in [0, 0.05) is 24.4 Å². The third-order valence-electron chi connectivity index (χ3n) is 3.42. The number of carbonyl (C=O) groups excluding carboxylic acids is 1. The third kappa shape index (κ3) is 4.33. The molecule has 0 fully saturated rings. The highest BCUT2D eigenvalue weighted by atomic mass is 35.5. The van der Waals surface area contributed by atoms with Gasteiger partial charge in [-0.1, -0.05) is 29.0 Å². The number of nitrogens with one attached hydrogen (secondary N) is 2. The number of halogens is 3. The van der Waals surface area contributed by atoms with E-state index in [0.29, 0.717) is 26.5 Å². The molecular formula is C17H13ClF2N4OS. The van der Waals surface area contributed by atoms with Gasteiger partial charge in [-0.2, -0.15) is 0 Å². The van der Waals surface area contributed by atoms with E-state index in [0.717, 1.165) is 23.5 Å². The Labute approximate surface area is 157 Å². The number of aromatic nitrogens is 2. The van der Waals surface area contributed by atoms with Gasteiger partial charge in [0.25, 0.3) is 5.91 Å². The molecule has 0 unspecified atom stereocenters. The Morgan fingerprint density at radius 3 is 2.77 bits per heavy atom. The molecule has 0 saturated carbocycles. The Kier molecular flexibility index (Phi) is 5.43. The molecule has 0 saturated heterocycles. The fraction of sp³-hybridized carbons (Fsp3) is 0.118. The highest BCUT2D eigenvalue weighted by Gasteiger charge is 2.16. The average molecular weight is 395 g/mol. The molecule has 134 valence electrons. The van der Waals surface area contributed by atoms with Crippen molar-refractivity contribution in [3.8, 4) is 0 Å². The summed E-state index contributed by atoms with van der Waals surface area (Å²) >= 11 is 6.93. The highest BCUT2D eigenvalue weighted by Crippen LogP contribution is 2.25. The van der Waals surface area contributed by atoms with Crippen molar-refractivity contribution in [2.24, 2.45) is 0 Å². The van der Waals surface area contributed by atoms with Crippen LogP contribution in [0.4, 0.5) is 19.7 Å². The van der Waals surface area contributed by atoms with Gasteiger partial charge >= 0.3 is 0 Å². The first-order valence-electron chi connectivity index (χ1n) is 7.50. The van der Waals surface area contributed by atoms with Gasteiger partial charge in [0.2, 0.25) is 0 Å². The summed E-state index contributed by atoms with van der Waals surface area (Å²) in [5, 5.41) is 6.61. The zero-order valence-corrected chi connectivity index (χ0v) is 15.1. The van der Waals surface area contributed by atoms with Crippen LogP contribution in [0, 0.1) is 18.6 Å². The first-order valence-corrected chi connectivity index (χ1v) is 8.70. The van der Waals surface area contributed by atoms with Crippen LogP contribution in [-0.2, 0) is 6.54 Å². The normalized spacial score (nSPS) is 10.6. The summed E-state index contributed by atoms with van der Waals surface area (Å²) in [4.78, 5) is 21.1. The van der Waals surface area contributed by atoms with Crippen molar-refractivity contribution in [3.63, 3.8) is 0 Å². The predicted molar refractivity (Wildman–Crippen MR) is 96.9 cm³/mol. The van der Waals surface area contributed by atoms with Gasteiger partial charge in [-0.15, -0.1) is 0 Å². The lowest BCUT2D eigenvalue weighted by molar-refractivity contribution is 0.0954. The Balaban J connectivity index is 1.67. The van der Waals surface area contributed by atoms with Gasteiger partial charge in [0.05, 0.1) is 10.7 Å². The number of amides is 1. The number of nitrogens with zero attached hydrogens (tertiary/aromatic N) is 2. The summed E-state index contributed by atoms with van der Waals surface area (Å²) in [5.74, 6) is -1.21. The zero-order chi connectivity index (χ0) is 18.7. The van der Waals surface area contributed by atoms with Crippen LogP contribution in [0.25, 0.3) is 0 Å². The van der Waals surface area contributed by atoms with Gasteiger partial charge < -0.3 is 10.6 Å². The lowest BCUT2D eigenvalue weighted by Gasteiger charge is -2.05. The van der Waals surface area contributed by atoms with Crippen molar-refractivity contribution in [1.82, 2.24) is 15.3 Å². The molecule has 0 aliphatic carbocycles. The summed E-state index contributed by atoms with van der Waals surface area (Å²) in [6, 6.07) is 6.59. The number of hydrogen-bond donors (Lipinski definition) is 2. The molecule has 0 spiro atoms. The maximum atomic E-state index is 13.6. The summed E-state index contributed by atoms with van der Waals surface area (Å²) < 4.78 is 26.5. The van der Waals surface area contributed by atoms with Gasteiger partial charge in [-0.25, -0.2) is 18.7 Å². The fourth-order valence-electron chi connectivity index (χ4n) is 2.14. The van der Waals surface area contributed by atoms with Crippen molar-refractivity contribution in [3.05, 3.63) is 69.3 Å². The Bertz CT molecular complexity index is 946. The second kappa shape index (κ2) is 7.76. The number of anilines is 2. The lowest BCUT2D eigenvalue weighted by Crippen LogP contribution is -2.23. The quantitative estimate of drug-likeness (QED) is 0.670. The molecule has 2 heterocycles. The molecule has 0 aliphatic rings. The smallest absolute Gasteiger partial charge is 0.263 e. The maximum absolute atomic E-state index is 13.6. The van der Waals surface area contributed by atoms with Crippen LogP contribution >= 0.6 is 22.9 Å². The number of rotatable bonds is 5. The van der Waals surface area contributed by atoms with Gasteiger partial charge in [-0.3, -0.25) is 4.79 Å². The third-order valence-corrected chi connectivity index (χ3v) is 4.71. The highest BCUT2D eigenvalue weighted by molar-refractivity contribution is 7.17. The van der Waals surface area contributed by atoms with E-state index >= 15 is 0 Å². The average Bonchev–Trinajstić information content (AvgIpc) is 2.96. The fourth-order valence-corrected chi connectivity index (χ4v) is 3.14. The number of hydrogen-bond acceptors (Lipinski definition) is 5. The van der Waals surface area contributed by atoms with E-state index in [9.17, 15) is 13.6 Å². The van der Waals surface area contributed by atoms with E-state index < -0.39 is 11.6 Å². The van der Waals surface area contributed by atoms with Crippen LogP contribution in [0.5, 0.6) is 0 Å². The second-order valence-corrected chi connectivity index (χ2v) is 6.77.